The molecule has 0 spiro atoms. The third-order valence-corrected chi connectivity index (χ3v) is 7.45. The van der Waals surface area contributed by atoms with Gasteiger partial charge in [-0.05, 0) is 47.9 Å². The molecule has 0 radical (unpaired) electrons. The Morgan fingerprint density at radius 3 is 2.34 bits per heavy atom. The number of fused-ring (bicyclic) bond motifs is 4. The van der Waals surface area contributed by atoms with Crippen molar-refractivity contribution in [3.63, 3.8) is 0 Å². The molecule has 1 unspecified atom stereocenters. The zero-order chi connectivity index (χ0) is 21.1. The first-order chi connectivity index (χ1) is 15.8. The fraction of sp³-hybridized carbons (Fsp3) is 0.0345. The van der Waals surface area contributed by atoms with Crippen molar-refractivity contribution in [1.82, 2.24) is 0 Å². The number of ether oxygens (including phenoxy) is 2. The summed E-state index contributed by atoms with van der Waals surface area (Å²) in [7, 11) is 0. The third-order valence-electron chi connectivity index (χ3n) is 6.22. The molecule has 0 aliphatic carbocycles. The average molecular weight is 431 g/mol. The lowest BCUT2D eigenvalue weighted by Gasteiger charge is -2.27. The number of benzene rings is 4. The molecule has 0 amide bonds. The highest BCUT2D eigenvalue weighted by molar-refractivity contribution is 7.19. The molecule has 3 heteroatoms. The lowest BCUT2D eigenvalue weighted by Crippen LogP contribution is -2.28. The van der Waals surface area contributed by atoms with Crippen molar-refractivity contribution < 1.29 is 9.47 Å². The molecule has 2 aliphatic heterocycles. The van der Waals surface area contributed by atoms with E-state index in [1.165, 1.54) is 15.0 Å². The Morgan fingerprint density at radius 2 is 1.44 bits per heavy atom. The molecule has 32 heavy (non-hydrogen) atoms. The fourth-order valence-corrected chi connectivity index (χ4v) is 5.84. The standard InChI is InChI=1S/C29H18O2S/c1-2-10-23(11-3-1)29(28-17-20-9-5-7-13-27(20)32-28)18-22-16-25-21(15-26(22)31-29)14-19-8-4-6-12-24(19)30-25/h1-18H. The molecule has 0 bridgehead atoms. The summed E-state index contributed by atoms with van der Waals surface area (Å²) < 4.78 is 14.3. The second-order valence-corrected chi connectivity index (χ2v) is 9.29. The molecule has 1 atom stereocenters. The number of para-hydroxylation sites is 1. The van der Waals surface area contributed by atoms with Crippen LogP contribution in [0.2, 0.25) is 0 Å². The topological polar surface area (TPSA) is 18.5 Å². The molecular formula is C29H18O2S. The van der Waals surface area contributed by atoms with Crippen molar-refractivity contribution in [2.24, 2.45) is 0 Å². The predicted octanol–water partition coefficient (Wildman–Crippen LogP) is 5.95. The molecule has 0 fully saturated rings. The molecule has 2 aliphatic rings. The molecule has 0 saturated carbocycles. The summed E-state index contributed by atoms with van der Waals surface area (Å²) in [6.45, 7) is 0. The molecule has 0 N–H and O–H groups in total. The zero-order valence-electron chi connectivity index (χ0n) is 17.1. The van der Waals surface area contributed by atoms with Gasteiger partial charge in [0.25, 0.3) is 0 Å². The molecule has 4 aromatic carbocycles. The van der Waals surface area contributed by atoms with Crippen molar-refractivity contribution in [1.29, 1.82) is 0 Å². The SMILES string of the molecule is C1=c2cc3c(cc2Oc2ccccc21)=CC(c1ccccc1)(c1cc2ccccc2s1)O3. The van der Waals surface area contributed by atoms with Crippen LogP contribution in [0.25, 0.3) is 22.2 Å². The largest absolute Gasteiger partial charge is 0.472 e. The predicted molar refractivity (Wildman–Crippen MR) is 130 cm³/mol. The van der Waals surface area contributed by atoms with E-state index < -0.39 is 5.60 Å². The van der Waals surface area contributed by atoms with Gasteiger partial charge in [0.15, 0.2) is 5.60 Å². The van der Waals surface area contributed by atoms with Crippen LogP contribution in [0.3, 0.4) is 0 Å². The van der Waals surface area contributed by atoms with Crippen LogP contribution >= 0.6 is 11.3 Å². The first kappa shape index (κ1) is 17.8. The van der Waals surface area contributed by atoms with Gasteiger partial charge < -0.3 is 9.47 Å². The van der Waals surface area contributed by atoms with Gasteiger partial charge in [-0.25, -0.2) is 0 Å². The maximum atomic E-state index is 6.83. The van der Waals surface area contributed by atoms with E-state index in [0.717, 1.165) is 38.8 Å². The summed E-state index contributed by atoms with van der Waals surface area (Å²) in [5.74, 6) is 2.63. The highest BCUT2D eigenvalue weighted by Crippen LogP contribution is 2.44. The molecule has 0 saturated heterocycles. The van der Waals surface area contributed by atoms with Gasteiger partial charge in [-0.15, -0.1) is 11.3 Å². The van der Waals surface area contributed by atoms with Crippen molar-refractivity contribution in [2.45, 2.75) is 5.60 Å². The Kier molecular flexibility index (Phi) is 3.67. The molecule has 152 valence electrons. The van der Waals surface area contributed by atoms with E-state index in [9.17, 15) is 0 Å². The van der Waals surface area contributed by atoms with Gasteiger partial charge in [0.05, 0.1) is 4.88 Å². The number of hydrogen-bond acceptors (Lipinski definition) is 3. The summed E-state index contributed by atoms with van der Waals surface area (Å²) in [5.41, 5.74) is 1.54. The van der Waals surface area contributed by atoms with E-state index in [-0.39, 0.29) is 0 Å². The van der Waals surface area contributed by atoms with Crippen molar-refractivity contribution >= 4 is 33.6 Å². The van der Waals surface area contributed by atoms with Crippen molar-refractivity contribution in [2.75, 3.05) is 0 Å². The number of rotatable bonds is 2. The average Bonchev–Trinajstić information content (AvgIpc) is 3.44. The quantitative estimate of drug-likeness (QED) is 0.338. The Labute approximate surface area is 189 Å². The minimum atomic E-state index is -0.663. The van der Waals surface area contributed by atoms with E-state index in [2.05, 4.69) is 84.9 Å². The van der Waals surface area contributed by atoms with Crippen LogP contribution in [0.5, 0.6) is 17.2 Å². The molecule has 2 nitrogen and oxygen atoms in total. The monoisotopic (exact) mass is 430 g/mol. The smallest absolute Gasteiger partial charge is 0.187 e. The third kappa shape index (κ3) is 2.58. The Morgan fingerprint density at radius 1 is 0.656 bits per heavy atom. The highest BCUT2D eigenvalue weighted by atomic mass is 32.1. The van der Waals surface area contributed by atoms with Crippen LogP contribution in [0.1, 0.15) is 16.0 Å². The number of thiophene rings is 1. The van der Waals surface area contributed by atoms with Crippen LogP contribution in [0.15, 0.2) is 97.1 Å². The maximum Gasteiger partial charge on any atom is 0.187 e. The fourth-order valence-electron chi connectivity index (χ4n) is 4.65. The number of hydrogen-bond donors (Lipinski definition) is 0. The summed E-state index contributed by atoms with van der Waals surface area (Å²) in [4.78, 5) is 1.17. The van der Waals surface area contributed by atoms with Crippen LogP contribution in [0, 0.1) is 0 Å². The van der Waals surface area contributed by atoms with Gasteiger partial charge in [0.2, 0.25) is 0 Å². The zero-order valence-corrected chi connectivity index (χ0v) is 17.9. The Balaban J connectivity index is 1.45. The van der Waals surface area contributed by atoms with Gasteiger partial charge in [0.1, 0.15) is 17.2 Å². The van der Waals surface area contributed by atoms with Gasteiger partial charge in [-0.1, -0.05) is 66.7 Å². The van der Waals surface area contributed by atoms with E-state index in [1.807, 2.05) is 24.3 Å². The first-order valence-corrected chi connectivity index (χ1v) is 11.5. The second-order valence-electron chi connectivity index (χ2n) is 8.21. The van der Waals surface area contributed by atoms with Crippen molar-refractivity contribution in [3.8, 4) is 17.2 Å². The normalized spacial score (nSPS) is 17.9. The molecule has 7 rings (SSSR count). The summed E-state index contributed by atoms with van der Waals surface area (Å²) in [6, 6.07) is 33.6. The van der Waals surface area contributed by atoms with E-state index in [1.54, 1.807) is 11.3 Å². The van der Waals surface area contributed by atoms with Gasteiger partial charge >= 0.3 is 0 Å². The Bertz CT molecular complexity index is 1600. The van der Waals surface area contributed by atoms with E-state index >= 15 is 0 Å². The van der Waals surface area contributed by atoms with Crippen molar-refractivity contribution in [3.05, 3.63) is 124 Å². The Hall–Kier alpha value is -3.82. The molecule has 5 aromatic rings. The van der Waals surface area contributed by atoms with Gasteiger partial charge in [-0.3, -0.25) is 0 Å². The highest BCUT2D eigenvalue weighted by Gasteiger charge is 2.40. The van der Waals surface area contributed by atoms with E-state index in [0.29, 0.717) is 0 Å². The molecule has 3 heterocycles. The lowest BCUT2D eigenvalue weighted by atomic mass is 9.91. The second kappa shape index (κ2) is 6.59. The minimum absolute atomic E-state index is 0.663. The minimum Gasteiger partial charge on any atom is -0.472 e. The van der Waals surface area contributed by atoms with Crippen LogP contribution in [-0.4, -0.2) is 0 Å². The van der Waals surface area contributed by atoms with Gasteiger partial charge in [-0.2, -0.15) is 0 Å². The lowest BCUT2D eigenvalue weighted by molar-refractivity contribution is 0.196. The molecular weight excluding hydrogens is 412 g/mol. The first-order valence-electron chi connectivity index (χ1n) is 10.7. The van der Waals surface area contributed by atoms with Crippen LogP contribution < -0.4 is 19.9 Å². The summed E-state index contributed by atoms with van der Waals surface area (Å²) in [5, 5.41) is 3.33. The summed E-state index contributed by atoms with van der Waals surface area (Å²) in [6.07, 6.45) is 4.41. The van der Waals surface area contributed by atoms with E-state index in [4.69, 9.17) is 9.47 Å². The van der Waals surface area contributed by atoms with Crippen LogP contribution in [-0.2, 0) is 5.60 Å². The molecule has 1 aromatic heterocycles. The van der Waals surface area contributed by atoms with Crippen LogP contribution in [0.4, 0.5) is 0 Å². The summed E-state index contributed by atoms with van der Waals surface area (Å²) >= 11 is 1.79. The van der Waals surface area contributed by atoms with Gasteiger partial charge in [0, 0.05) is 26.3 Å². The maximum absolute atomic E-state index is 6.83.